The maximum absolute atomic E-state index is 12.4. The highest BCUT2D eigenvalue weighted by atomic mass is 35.5. The first kappa shape index (κ1) is 25.6. The minimum absolute atomic E-state index is 0.117. The Bertz CT molecular complexity index is 1180. The van der Waals surface area contributed by atoms with Gasteiger partial charge in [0.1, 0.15) is 16.7 Å². The highest BCUT2D eigenvalue weighted by Crippen LogP contribution is 2.27. The molecule has 0 atom stereocenters. The molecule has 0 aliphatic carbocycles. The van der Waals surface area contributed by atoms with E-state index in [1.54, 1.807) is 11.9 Å². The van der Waals surface area contributed by atoms with Crippen LogP contribution in [0.15, 0.2) is 52.4 Å². The molecule has 34 heavy (non-hydrogen) atoms. The quantitative estimate of drug-likeness (QED) is 0.270. The number of nitro groups is 1. The number of hydrogen-bond donors (Lipinski definition) is 2. The SMILES string of the molecule is CN(CCc1ccc(C2=NCCN2)cc1)C(=O)CCNCS(=O)(=O)c1ccc(Cl)c([N+](=O)[O-])c1. The van der Waals surface area contributed by atoms with E-state index in [4.69, 9.17) is 11.6 Å². The molecule has 1 heterocycles. The Balaban J connectivity index is 1.42. The molecule has 0 saturated heterocycles. The molecule has 0 fully saturated rings. The molecule has 10 nitrogen and oxygen atoms in total. The number of nitro benzene ring substituents is 1. The lowest BCUT2D eigenvalue weighted by atomic mass is 10.1. The molecule has 0 bridgehead atoms. The molecular weight excluding hydrogens is 482 g/mol. The van der Waals surface area contributed by atoms with Crippen LogP contribution >= 0.6 is 11.6 Å². The maximum Gasteiger partial charge on any atom is 0.289 e. The number of benzene rings is 2. The van der Waals surface area contributed by atoms with Crippen LogP contribution < -0.4 is 10.6 Å². The van der Waals surface area contributed by atoms with E-state index in [0.29, 0.717) is 13.0 Å². The van der Waals surface area contributed by atoms with Crippen LogP contribution in [0.25, 0.3) is 0 Å². The van der Waals surface area contributed by atoms with Crippen molar-refractivity contribution in [1.82, 2.24) is 15.5 Å². The molecule has 1 aliphatic heterocycles. The number of carbonyl (C=O) groups is 1. The summed E-state index contributed by atoms with van der Waals surface area (Å²) in [5.74, 6) is 0.339. The highest BCUT2D eigenvalue weighted by molar-refractivity contribution is 7.91. The average Bonchev–Trinajstić information content (AvgIpc) is 3.35. The summed E-state index contributed by atoms with van der Waals surface area (Å²) in [6, 6.07) is 11.4. The van der Waals surface area contributed by atoms with E-state index in [-0.39, 0.29) is 28.8 Å². The van der Waals surface area contributed by atoms with Gasteiger partial charge >= 0.3 is 0 Å². The first-order valence-electron chi connectivity index (χ1n) is 10.7. The maximum atomic E-state index is 12.4. The summed E-state index contributed by atoms with van der Waals surface area (Å²) in [5.41, 5.74) is 1.67. The third-order valence-electron chi connectivity index (χ3n) is 5.34. The van der Waals surface area contributed by atoms with Gasteiger partial charge in [-0.05, 0) is 24.1 Å². The molecule has 1 aliphatic rings. The second-order valence-corrected chi connectivity index (χ2v) is 10.2. The van der Waals surface area contributed by atoms with E-state index in [1.165, 1.54) is 12.1 Å². The molecule has 0 spiro atoms. The zero-order valence-electron chi connectivity index (χ0n) is 18.7. The number of hydrogen-bond acceptors (Lipinski definition) is 8. The molecule has 0 aromatic heterocycles. The molecule has 2 aromatic rings. The normalized spacial score (nSPS) is 13.3. The van der Waals surface area contributed by atoms with Crippen LogP contribution in [0.4, 0.5) is 5.69 Å². The molecule has 182 valence electrons. The predicted octanol–water partition coefficient (Wildman–Crippen LogP) is 2.01. The Morgan fingerprint density at radius 3 is 2.65 bits per heavy atom. The highest BCUT2D eigenvalue weighted by Gasteiger charge is 2.20. The average molecular weight is 508 g/mol. The molecule has 2 aromatic carbocycles. The Morgan fingerprint density at radius 2 is 2.00 bits per heavy atom. The number of nitrogens with one attached hydrogen (secondary N) is 2. The molecule has 1 amide bonds. The minimum Gasteiger partial charge on any atom is -0.368 e. The van der Waals surface area contributed by atoms with Gasteiger partial charge in [-0.25, -0.2) is 8.42 Å². The third kappa shape index (κ3) is 6.75. The zero-order valence-corrected chi connectivity index (χ0v) is 20.2. The fraction of sp³-hybridized carbons (Fsp3) is 0.364. The number of carbonyl (C=O) groups excluding carboxylic acids is 1. The summed E-state index contributed by atoms with van der Waals surface area (Å²) in [5, 5.41) is 16.8. The number of halogens is 1. The smallest absolute Gasteiger partial charge is 0.289 e. The largest absolute Gasteiger partial charge is 0.368 e. The first-order chi connectivity index (χ1) is 16.2. The van der Waals surface area contributed by atoms with Gasteiger partial charge in [0, 0.05) is 44.7 Å². The van der Waals surface area contributed by atoms with Gasteiger partial charge in [-0.2, -0.15) is 0 Å². The van der Waals surface area contributed by atoms with Gasteiger partial charge in [0.2, 0.25) is 5.91 Å². The van der Waals surface area contributed by atoms with Crippen molar-refractivity contribution in [3.8, 4) is 0 Å². The van der Waals surface area contributed by atoms with Crippen LogP contribution in [0.3, 0.4) is 0 Å². The second kappa shape index (κ2) is 11.4. The summed E-state index contributed by atoms with van der Waals surface area (Å²) in [6.45, 7) is 2.33. The number of rotatable bonds is 11. The first-order valence-corrected chi connectivity index (χ1v) is 12.7. The Morgan fingerprint density at radius 1 is 1.26 bits per heavy atom. The Hall–Kier alpha value is -3.02. The molecule has 3 rings (SSSR count). The topological polar surface area (TPSA) is 134 Å². The van der Waals surface area contributed by atoms with Crippen molar-refractivity contribution in [1.29, 1.82) is 0 Å². The molecule has 0 unspecified atom stereocenters. The summed E-state index contributed by atoms with van der Waals surface area (Å²) < 4.78 is 24.9. The Labute approximate surface area is 203 Å². The second-order valence-electron chi connectivity index (χ2n) is 7.80. The van der Waals surface area contributed by atoms with Crippen molar-refractivity contribution < 1.29 is 18.1 Å². The molecule has 12 heteroatoms. The standard InChI is InChI=1S/C22H26ClN5O5S/c1-27(13-9-16-2-4-17(5-3-16)22-25-11-12-26-22)21(29)8-10-24-15-34(32,33)18-6-7-19(23)20(14-18)28(30)31/h2-7,14,24H,8-13,15H2,1H3,(H,25,26). The fourth-order valence-corrected chi connectivity index (χ4v) is 4.68. The van der Waals surface area contributed by atoms with Crippen LogP contribution in [0.5, 0.6) is 0 Å². The lowest BCUT2D eigenvalue weighted by Gasteiger charge is -2.17. The van der Waals surface area contributed by atoms with Crippen molar-refractivity contribution in [3.63, 3.8) is 0 Å². The number of sulfone groups is 1. The van der Waals surface area contributed by atoms with E-state index in [0.717, 1.165) is 36.1 Å². The van der Waals surface area contributed by atoms with E-state index < -0.39 is 26.3 Å². The van der Waals surface area contributed by atoms with Crippen LogP contribution in [0.1, 0.15) is 17.5 Å². The van der Waals surface area contributed by atoms with Crippen molar-refractivity contribution in [2.45, 2.75) is 17.7 Å². The van der Waals surface area contributed by atoms with Crippen molar-refractivity contribution in [2.75, 3.05) is 39.1 Å². The van der Waals surface area contributed by atoms with Crippen LogP contribution in [0.2, 0.25) is 5.02 Å². The minimum atomic E-state index is -3.82. The van der Waals surface area contributed by atoms with E-state index >= 15 is 0 Å². The van der Waals surface area contributed by atoms with Gasteiger partial charge in [0.15, 0.2) is 9.84 Å². The van der Waals surface area contributed by atoms with Crippen LogP contribution in [0, 0.1) is 10.1 Å². The molecule has 0 radical (unpaired) electrons. The number of likely N-dealkylation sites (N-methyl/N-ethyl adjacent to an activating group) is 1. The van der Waals surface area contributed by atoms with Gasteiger partial charge in [0.25, 0.3) is 5.69 Å². The van der Waals surface area contributed by atoms with Gasteiger partial charge < -0.3 is 15.5 Å². The third-order valence-corrected chi connectivity index (χ3v) is 7.22. The van der Waals surface area contributed by atoms with E-state index in [1.807, 2.05) is 24.3 Å². The lowest BCUT2D eigenvalue weighted by molar-refractivity contribution is -0.384. The van der Waals surface area contributed by atoms with Crippen LogP contribution in [-0.2, 0) is 21.1 Å². The van der Waals surface area contributed by atoms with Gasteiger partial charge in [-0.15, -0.1) is 0 Å². The number of aliphatic imine (C=N–C) groups is 1. The number of amidine groups is 1. The summed E-state index contributed by atoms with van der Waals surface area (Å²) in [6.07, 6.45) is 0.816. The van der Waals surface area contributed by atoms with Crippen molar-refractivity contribution in [3.05, 3.63) is 68.7 Å². The van der Waals surface area contributed by atoms with E-state index in [9.17, 15) is 23.3 Å². The fourth-order valence-electron chi connectivity index (χ4n) is 3.34. The van der Waals surface area contributed by atoms with Gasteiger partial charge in [-0.3, -0.25) is 19.9 Å². The summed E-state index contributed by atoms with van der Waals surface area (Å²) in [7, 11) is -2.11. The molecule has 0 saturated carbocycles. The number of amides is 1. The summed E-state index contributed by atoms with van der Waals surface area (Å²) in [4.78, 5) is 28.4. The Kier molecular flexibility index (Phi) is 8.59. The molecule has 2 N–H and O–H groups in total. The van der Waals surface area contributed by atoms with Crippen molar-refractivity contribution >= 4 is 38.9 Å². The van der Waals surface area contributed by atoms with E-state index in [2.05, 4.69) is 15.6 Å². The van der Waals surface area contributed by atoms with Gasteiger partial charge in [0.05, 0.1) is 16.4 Å². The lowest BCUT2D eigenvalue weighted by Crippen LogP contribution is -2.32. The van der Waals surface area contributed by atoms with Crippen molar-refractivity contribution in [2.24, 2.45) is 4.99 Å². The predicted molar refractivity (Wildman–Crippen MR) is 130 cm³/mol. The monoisotopic (exact) mass is 507 g/mol. The van der Waals surface area contributed by atoms with Crippen LogP contribution in [-0.4, -0.2) is 69.1 Å². The summed E-state index contributed by atoms with van der Waals surface area (Å²) >= 11 is 5.73. The van der Waals surface area contributed by atoms with Gasteiger partial charge in [-0.1, -0.05) is 35.9 Å². The zero-order chi connectivity index (χ0) is 24.7. The molecular formula is C22H26ClN5O5S. The number of nitrogens with zero attached hydrogens (tertiary/aromatic N) is 3.